The maximum Gasteiger partial charge on any atom is 0.335 e. The summed E-state index contributed by atoms with van der Waals surface area (Å²) in [7, 11) is 0. The van der Waals surface area contributed by atoms with E-state index in [4.69, 9.17) is 16.7 Å². The maximum atomic E-state index is 10.7. The molecule has 0 aliphatic carbocycles. The van der Waals surface area contributed by atoms with E-state index in [1.165, 1.54) is 23.5 Å². The summed E-state index contributed by atoms with van der Waals surface area (Å²) >= 11 is 7.11. The second-order valence-electron chi connectivity index (χ2n) is 3.14. The van der Waals surface area contributed by atoms with Crippen LogP contribution >= 0.6 is 22.9 Å². The van der Waals surface area contributed by atoms with Crippen molar-refractivity contribution >= 4 is 28.9 Å². The first-order chi connectivity index (χ1) is 7.58. The van der Waals surface area contributed by atoms with Crippen LogP contribution < -0.4 is 0 Å². The van der Waals surface area contributed by atoms with Crippen molar-refractivity contribution in [1.82, 2.24) is 0 Å². The Balaban J connectivity index is 2.47. The standard InChI is InChI=1S/C11H7ClO3S/c12-10-4-3-9(16-10)7-2-1-6(11(14)15)5-8(7)13/h1-5,13H,(H,14,15). The van der Waals surface area contributed by atoms with Crippen molar-refractivity contribution in [2.45, 2.75) is 0 Å². The van der Waals surface area contributed by atoms with Gasteiger partial charge in [-0.2, -0.15) is 0 Å². The zero-order valence-electron chi connectivity index (χ0n) is 7.98. The van der Waals surface area contributed by atoms with Crippen LogP contribution in [0.3, 0.4) is 0 Å². The molecule has 0 aliphatic rings. The summed E-state index contributed by atoms with van der Waals surface area (Å²) in [5.41, 5.74) is 0.644. The Hall–Kier alpha value is -1.52. The van der Waals surface area contributed by atoms with Crippen molar-refractivity contribution in [3.8, 4) is 16.2 Å². The van der Waals surface area contributed by atoms with Gasteiger partial charge in [-0.15, -0.1) is 11.3 Å². The first-order valence-corrected chi connectivity index (χ1v) is 5.59. The number of rotatable bonds is 2. The van der Waals surface area contributed by atoms with E-state index in [0.29, 0.717) is 9.90 Å². The van der Waals surface area contributed by atoms with Crippen molar-refractivity contribution in [2.24, 2.45) is 0 Å². The van der Waals surface area contributed by atoms with E-state index in [1.54, 1.807) is 18.2 Å². The van der Waals surface area contributed by atoms with E-state index in [1.807, 2.05) is 0 Å². The molecule has 0 bridgehead atoms. The maximum absolute atomic E-state index is 10.7. The quantitative estimate of drug-likeness (QED) is 0.863. The molecule has 82 valence electrons. The number of aromatic carboxylic acids is 1. The summed E-state index contributed by atoms with van der Waals surface area (Å²) in [6.07, 6.45) is 0. The highest BCUT2D eigenvalue weighted by molar-refractivity contribution is 7.19. The summed E-state index contributed by atoms with van der Waals surface area (Å²) < 4.78 is 0.622. The van der Waals surface area contributed by atoms with Gasteiger partial charge in [-0.25, -0.2) is 4.79 Å². The molecule has 5 heteroatoms. The summed E-state index contributed by atoms with van der Waals surface area (Å²) in [6.45, 7) is 0. The lowest BCUT2D eigenvalue weighted by Crippen LogP contribution is -1.95. The molecule has 2 rings (SSSR count). The van der Waals surface area contributed by atoms with E-state index < -0.39 is 5.97 Å². The van der Waals surface area contributed by atoms with Gasteiger partial charge < -0.3 is 10.2 Å². The third-order valence-corrected chi connectivity index (χ3v) is 3.35. The van der Waals surface area contributed by atoms with E-state index in [9.17, 15) is 9.90 Å². The van der Waals surface area contributed by atoms with Gasteiger partial charge in [-0.3, -0.25) is 0 Å². The molecular formula is C11H7ClO3S. The lowest BCUT2D eigenvalue weighted by Gasteiger charge is -2.02. The molecule has 0 atom stereocenters. The number of hydrogen-bond donors (Lipinski definition) is 2. The van der Waals surface area contributed by atoms with Gasteiger partial charge >= 0.3 is 5.97 Å². The van der Waals surface area contributed by atoms with Crippen molar-refractivity contribution < 1.29 is 15.0 Å². The highest BCUT2D eigenvalue weighted by atomic mass is 35.5. The number of aromatic hydroxyl groups is 1. The average molecular weight is 255 g/mol. The molecule has 2 N–H and O–H groups in total. The van der Waals surface area contributed by atoms with E-state index in [2.05, 4.69) is 0 Å². The lowest BCUT2D eigenvalue weighted by atomic mass is 10.1. The Kier molecular flexibility index (Phi) is 2.85. The van der Waals surface area contributed by atoms with Crippen LogP contribution in [0.2, 0.25) is 4.34 Å². The molecule has 16 heavy (non-hydrogen) atoms. The van der Waals surface area contributed by atoms with Gasteiger partial charge in [-0.05, 0) is 30.3 Å². The topological polar surface area (TPSA) is 57.5 Å². The zero-order valence-corrected chi connectivity index (χ0v) is 9.55. The number of phenols is 1. The Morgan fingerprint density at radius 3 is 2.50 bits per heavy atom. The first-order valence-electron chi connectivity index (χ1n) is 4.40. The fraction of sp³-hybridized carbons (Fsp3) is 0. The van der Waals surface area contributed by atoms with Crippen LogP contribution in [0.5, 0.6) is 5.75 Å². The van der Waals surface area contributed by atoms with Gasteiger partial charge in [0.2, 0.25) is 0 Å². The van der Waals surface area contributed by atoms with Gasteiger partial charge in [-0.1, -0.05) is 11.6 Å². The molecule has 0 saturated carbocycles. The molecular weight excluding hydrogens is 248 g/mol. The molecule has 1 aromatic heterocycles. The zero-order chi connectivity index (χ0) is 11.7. The normalized spacial score (nSPS) is 10.3. The van der Waals surface area contributed by atoms with Crippen LogP contribution in [-0.2, 0) is 0 Å². The Bertz CT molecular complexity index is 548. The molecule has 0 unspecified atom stereocenters. The van der Waals surface area contributed by atoms with Gasteiger partial charge in [0.15, 0.2) is 0 Å². The molecule has 1 heterocycles. The average Bonchev–Trinajstić information content (AvgIpc) is 2.64. The van der Waals surface area contributed by atoms with Crippen LogP contribution in [-0.4, -0.2) is 16.2 Å². The lowest BCUT2D eigenvalue weighted by molar-refractivity contribution is 0.0696. The van der Waals surface area contributed by atoms with Gasteiger partial charge in [0.05, 0.1) is 9.90 Å². The number of hydrogen-bond acceptors (Lipinski definition) is 3. The van der Waals surface area contributed by atoms with Gasteiger partial charge in [0.1, 0.15) is 5.75 Å². The Labute approximate surface area is 101 Å². The van der Waals surface area contributed by atoms with Crippen LogP contribution in [0.4, 0.5) is 0 Å². The van der Waals surface area contributed by atoms with Crippen molar-refractivity contribution in [3.63, 3.8) is 0 Å². The predicted molar refractivity (Wildman–Crippen MR) is 63.4 cm³/mol. The number of carboxylic acids is 1. The molecule has 0 spiro atoms. The minimum atomic E-state index is -1.06. The Morgan fingerprint density at radius 1 is 1.25 bits per heavy atom. The van der Waals surface area contributed by atoms with Crippen molar-refractivity contribution in [1.29, 1.82) is 0 Å². The molecule has 1 aromatic carbocycles. The number of benzene rings is 1. The number of thiophene rings is 1. The third-order valence-electron chi connectivity index (χ3n) is 2.08. The molecule has 0 radical (unpaired) electrons. The predicted octanol–water partition coefficient (Wildman–Crippen LogP) is 3.47. The largest absolute Gasteiger partial charge is 0.507 e. The first kappa shape index (κ1) is 11.0. The van der Waals surface area contributed by atoms with E-state index >= 15 is 0 Å². The summed E-state index contributed by atoms with van der Waals surface area (Å²) in [4.78, 5) is 11.5. The molecule has 0 amide bonds. The second kappa shape index (κ2) is 4.15. The van der Waals surface area contributed by atoms with Crippen LogP contribution in [0.15, 0.2) is 30.3 Å². The smallest absolute Gasteiger partial charge is 0.335 e. The molecule has 3 nitrogen and oxygen atoms in total. The summed E-state index contributed by atoms with van der Waals surface area (Å²) in [5, 5.41) is 18.4. The molecule has 0 aliphatic heterocycles. The molecule has 0 saturated heterocycles. The second-order valence-corrected chi connectivity index (χ2v) is 4.86. The van der Waals surface area contributed by atoms with Crippen LogP contribution in [0.1, 0.15) is 10.4 Å². The summed E-state index contributed by atoms with van der Waals surface area (Å²) in [5.74, 6) is -1.12. The van der Waals surface area contributed by atoms with E-state index in [0.717, 1.165) is 4.88 Å². The number of carboxylic acid groups (broad SMARTS) is 1. The van der Waals surface area contributed by atoms with Crippen molar-refractivity contribution in [3.05, 3.63) is 40.2 Å². The van der Waals surface area contributed by atoms with Crippen LogP contribution in [0, 0.1) is 0 Å². The van der Waals surface area contributed by atoms with Crippen molar-refractivity contribution in [2.75, 3.05) is 0 Å². The monoisotopic (exact) mass is 254 g/mol. The molecule has 2 aromatic rings. The Morgan fingerprint density at radius 2 is 2.00 bits per heavy atom. The number of carbonyl (C=O) groups is 1. The number of halogens is 1. The minimum Gasteiger partial charge on any atom is -0.507 e. The van der Waals surface area contributed by atoms with Gasteiger partial charge in [0, 0.05) is 10.4 Å². The summed E-state index contributed by atoms with van der Waals surface area (Å²) in [6, 6.07) is 7.76. The number of phenolic OH excluding ortho intramolecular Hbond substituents is 1. The van der Waals surface area contributed by atoms with Gasteiger partial charge in [0.25, 0.3) is 0 Å². The SMILES string of the molecule is O=C(O)c1ccc(-c2ccc(Cl)s2)c(O)c1. The fourth-order valence-corrected chi connectivity index (χ4v) is 2.41. The fourth-order valence-electron chi connectivity index (χ4n) is 1.33. The third kappa shape index (κ3) is 2.03. The highest BCUT2D eigenvalue weighted by Gasteiger charge is 2.10. The van der Waals surface area contributed by atoms with E-state index in [-0.39, 0.29) is 11.3 Å². The molecule has 0 fully saturated rings. The highest BCUT2D eigenvalue weighted by Crippen LogP contribution is 2.36. The minimum absolute atomic E-state index is 0.0570. The van der Waals surface area contributed by atoms with Crippen LogP contribution in [0.25, 0.3) is 10.4 Å².